The third-order valence-corrected chi connectivity index (χ3v) is 5.18. The Morgan fingerprint density at radius 1 is 1.06 bits per heavy atom. The molecule has 0 saturated heterocycles. The van der Waals surface area contributed by atoms with Crippen LogP contribution in [-0.2, 0) is 6.54 Å². The van der Waals surface area contributed by atoms with Crippen LogP contribution in [0, 0.1) is 6.92 Å². The number of hydrogen-bond acceptors (Lipinski definition) is 6. The molecule has 0 fully saturated rings. The fraction of sp³-hybridized carbons (Fsp3) is 0.120. The van der Waals surface area contributed by atoms with Gasteiger partial charge in [-0.1, -0.05) is 12.1 Å². The molecule has 2 aromatic heterocycles. The fourth-order valence-electron chi connectivity index (χ4n) is 3.43. The average molecular weight is 441 g/mol. The van der Waals surface area contributed by atoms with E-state index >= 15 is 0 Å². The van der Waals surface area contributed by atoms with Crippen molar-refractivity contribution >= 4 is 34.2 Å². The van der Waals surface area contributed by atoms with E-state index in [9.17, 15) is 9.59 Å². The molecule has 0 unspecified atom stereocenters. The van der Waals surface area contributed by atoms with Gasteiger partial charge in [-0.2, -0.15) is 0 Å². The summed E-state index contributed by atoms with van der Waals surface area (Å²) in [6.07, 6.45) is 1.53. The summed E-state index contributed by atoms with van der Waals surface area (Å²) in [6.45, 7) is 2.29. The number of primary amides is 1. The number of carbonyl (C=O) groups excluding carboxylic acids is 2. The molecule has 2 amide bonds. The van der Waals surface area contributed by atoms with Crippen LogP contribution in [0.2, 0.25) is 0 Å². The molecule has 8 heteroatoms. The summed E-state index contributed by atoms with van der Waals surface area (Å²) in [5.41, 5.74) is 8.99. The quantitative estimate of drug-likeness (QED) is 0.400. The lowest BCUT2D eigenvalue weighted by Gasteiger charge is -2.14. The zero-order valence-corrected chi connectivity index (χ0v) is 18.3. The van der Waals surface area contributed by atoms with E-state index in [0.717, 1.165) is 22.0 Å². The van der Waals surface area contributed by atoms with Crippen LogP contribution < -0.4 is 21.1 Å². The van der Waals surface area contributed by atoms with Crippen LogP contribution in [0.4, 0.5) is 11.5 Å². The molecule has 0 spiro atoms. The largest absolute Gasteiger partial charge is 0.497 e. The van der Waals surface area contributed by atoms with E-state index in [0.29, 0.717) is 29.4 Å². The van der Waals surface area contributed by atoms with Crippen LogP contribution in [-0.4, -0.2) is 28.9 Å². The average Bonchev–Trinajstić information content (AvgIpc) is 2.83. The van der Waals surface area contributed by atoms with Gasteiger partial charge in [-0.15, -0.1) is 0 Å². The third-order valence-electron chi connectivity index (χ3n) is 5.18. The van der Waals surface area contributed by atoms with Crippen molar-refractivity contribution in [1.29, 1.82) is 0 Å². The van der Waals surface area contributed by atoms with Crippen molar-refractivity contribution in [3.05, 3.63) is 89.2 Å². The Bertz CT molecular complexity index is 1350. The number of nitrogens with one attached hydrogen (secondary N) is 2. The second kappa shape index (κ2) is 9.35. The molecule has 0 atom stereocenters. The predicted octanol–water partition coefficient (Wildman–Crippen LogP) is 3.91. The molecule has 0 radical (unpaired) electrons. The number of pyridine rings is 2. The minimum Gasteiger partial charge on any atom is -0.497 e. The second-order valence-electron chi connectivity index (χ2n) is 7.48. The van der Waals surface area contributed by atoms with Crippen LogP contribution >= 0.6 is 0 Å². The molecule has 0 bridgehead atoms. The minimum absolute atomic E-state index is 0.190. The maximum atomic E-state index is 13.1. The minimum atomic E-state index is -0.590. The molecule has 4 rings (SSSR count). The van der Waals surface area contributed by atoms with Gasteiger partial charge in [-0.25, -0.2) is 4.98 Å². The lowest BCUT2D eigenvalue weighted by molar-refractivity contribution is 0.0993. The van der Waals surface area contributed by atoms with E-state index in [1.807, 2.05) is 43.3 Å². The number of benzene rings is 2. The molecule has 0 aliphatic heterocycles. The number of aromatic nitrogens is 2. The second-order valence-corrected chi connectivity index (χ2v) is 7.48. The van der Waals surface area contributed by atoms with E-state index in [4.69, 9.17) is 10.5 Å². The Kier molecular flexibility index (Phi) is 6.17. The number of fused-ring (bicyclic) bond motifs is 1. The molecule has 33 heavy (non-hydrogen) atoms. The van der Waals surface area contributed by atoms with Gasteiger partial charge in [0.05, 0.1) is 18.2 Å². The highest BCUT2D eigenvalue weighted by Gasteiger charge is 2.14. The molecular formula is C25H23N5O3. The Balaban J connectivity index is 1.55. The number of aryl methyl sites for hydroxylation is 1. The van der Waals surface area contributed by atoms with Gasteiger partial charge >= 0.3 is 0 Å². The van der Waals surface area contributed by atoms with Crippen molar-refractivity contribution in [3.8, 4) is 5.75 Å². The topological polar surface area (TPSA) is 119 Å². The van der Waals surface area contributed by atoms with Gasteiger partial charge in [0.1, 0.15) is 17.3 Å². The number of carbonyl (C=O) groups is 2. The van der Waals surface area contributed by atoms with Crippen LogP contribution in [0.25, 0.3) is 10.9 Å². The Labute approximate surface area is 190 Å². The van der Waals surface area contributed by atoms with Crippen molar-refractivity contribution in [1.82, 2.24) is 9.97 Å². The number of anilines is 2. The summed E-state index contributed by atoms with van der Waals surface area (Å²) in [6, 6.07) is 18.2. The lowest BCUT2D eigenvalue weighted by Crippen LogP contribution is -2.17. The predicted molar refractivity (Wildman–Crippen MR) is 128 cm³/mol. The molecule has 4 N–H and O–H groups in total. The number of para-hydroxylation sites is 1. The van der Waals surface area contributed by atoms with Crippen LogP contribution in [0.3, 0.4) is 0 Å². The number of ether oxygens (including phenoxy) is 1. The van der Waals surface area contributed by atoms with Gasteiger partial charge < -0.3 is 21.1 Å². The van der Waals surface area contributed by atoms with E-state index in [1.165, 1.54) is 6.20 Å². The van der Waals surface area contributed by atoms with E-state index in [-0.39, 0.29) is 11.6 Å². The Hall–Kier alpha value is -4.46. The zero-order chi connectivity index (χ0) is 23.4. The highest BCUT2D eigenvalue weighted by molar-refractivity contribution is 6.08. The zero-order valence-electron chi connectivity index (χ0n) is 18.3. The Morgan fingerprint density at radius 2 is 1.88 bits per heavy atom. The summed E-state index contributed by atoms with van der Waals surface area (Å²) < 4.78 is 5.28. The number of hydrogen-bond donors (Lipinski definition) is 3. The van der Waals surface area contributed by atoms with Gasteiger partial charge in [0, 0.05) is 29.9 Å². The Morgan fingerprint density at radius 3 is 2.67 bits per heavy atom. The van der Waals surface area contributed by atoms with Crippen molar-refractivity contribution in [3.63, 3.8) is 0 Å². The third kappa shape index (κ3) is 4.90. The summed E-state index contributed by atoms with van der Waals surface area (Å²) in [5.74, 6) is 0.299. The number of nitrogens with two attached hydrogens (primary N) is 1. The van der Waals surface area contributed by atoms with Crippen molar-refractivity contribution in [2.24, 2.45) is 5.73 Å². The molecule has 0 aliphatic rings. The number of nitrogens with zero attached hydrogens (tertiary/aromatic N) is 2. The summed E-state index contributed by atoms with van der Waals surface area (Å²) in [5, 5.41) is 7.12. The smallest absolute Gasteiger partial charge is 0.267 e. The first-order chi connectivity index (χ1) is 15.9. The maximum Gasteiger partial charge on any atom is 0.267 e. The standard InChI is InChI=1S/C25H23N5O3/c1-15-11-17-7-8-18(33-2)13-21(17)29-24(15)30-25(32)19-5-3-4-6-20(19)28-14-16-9-10-27-22(12-16)23(26)31/h3-13,28H,14H2,1-2H3,(H2,26,31)(H,29,30,32). The molecular weight excluding hydrogens is 418 g/mol. The van der Waals surface area contributed by atoms with E-state index < -0.39 is 5.91 Å². The number of methoxy groups -OCH3 is 1. The lowest BCUT2D eigenvalue weighted by atomic mass is 10.1. The monoisotopic (exact) mass is 441 g/mol. The van der Waals surface area contributed by atoms with Crippen LogP contribution in [0.5, 0.6) is 5.75 Å². The highest BCUT2D eigenvalue weighted by Crippen LogP contribution is 2.25. The molecule has 2 aromatic carbocycles. The van der Waals surface area contributed by atoms with Crippen molar-refractivity contribution in [2.45, 2.75) is 13.5 Å². The first-order valence-corrected chi connectivity index (χ1v) is 10.3. The first kappa shape index (κ1) is 21.8. The van der Waals surface area contributed by atoms with Gasteiger partial charge in [0.15, 0.2) is 0 Å². The first-order valence-electron chi connectivity index (χ1n) is 10.3. The summed E-state index contributed by atoms with van der Waals surface area (Å²) in [4.78, 5) is 33.0. The molecule has 0 saturated carbocycles. The van der Waals surface area contributed by atoms with Crippen molar-refractivity contribution < 1.29 is 14.3 Å². The van der Waals surface area contributed by atoms with Gasteiger partial charge in [0.25, 0.3) is 11.8 Å². The molecule has 166 valence electrons. The van der Waals surface area contributed by atoms with Crippen molar-refractivity contribution in [2.75, 3.05) is 17.7 Å². The number of amides is 2. The highest BCUT2D eigenvalue weighted by atomic mass is 16.5. The summed E-state index contributed by atoms with van der Waals surface area (Å²) in [7, 11) is 1.60. The van der Waals surface area contributed by atoms with Gasteiger partial charge in [-0.05, 0) is 60.5 Å². The molecule has 2 heterocycles. The van der Waals surface area contributed by atoms with Gasteiger partial charge in [-0.3, -0.25) is 14.6 Å². The van der Waals surface area contributed by atoms with Gasteiger partial charge in [0.2, 0.25) is 0 Å². The summed E-state index contributed by atoms with van der Waals surface area (Å²) >= 11 is 0. The molecule has 4 aromatic rings. The molecule has 8 nitrogen and oxygen atoms in total. The van der Waals surface area contributed by atoms with Crippen LogP contribution in [0.1, 0.15) is 32.0 Å². The molecule has 0 aliphatic carbocycles. The van der Waals surface area contributed by atoms with E-state index in [2.05, 4.69) is 20.6 Å². The maximum absolute atomic E-state index is 13.1. The normalized spacial score (nSPS) is 10.6. The SMILES string of the molecule is COc1ccc2cc(C)c(NC(=O)c3ccccc3NCc3ccnc(C(N)=O)c3)nc2c1. The van der Waals surface area contributed by atoms with E-state index in [1.54, 1.807) is 31.4 Å². The fourth-order valence-corrected chi connectivity index (χ4v) is 3.43. The van der Waals surface area contributed by atoms with Crippen LogP contribution in [0.15, 0.2) is 66.9 Å². The number of rotatable bonds is 7.